The Hall–Kier alpha value is -2.43. The highest BCUT2D eigenvalue weighted by molar-refractivity contribution is 5.99. The molecule has 25 heavy (non-hydrogen) atoms. The van der Waals surface area contributed by atoms with Crippen LogP contribution in [-0.4, -0.2) is 35.8 Å². The normalized spacial score (nSPS) is 19.1. The van der Waals surface area contributed by atoms with Gasteiger partial charge in [0.2, 0.25) is 0 Å². The number of nitrogens with zero attached hydrogens (tertiary/aromatic N) is 1. The molecule has 2 rings (SSSR count). The van der Waals surface area contributed by atoms with Crippen LogP contribution in [0.25, 0.3) is 0 Å². The van der Waals surface area contributed by atoms with Gasteiger partial charge in [-0.3, -0.25) is 4.79 Å². The molecule has 134 valence electrons. The van der Waals surface area contributed by atoms with E-state index in [-0.39, 0.29) is 29.9 Å². The lowest BCUT2D eigenvalue weighted by atomic mass is 9.86. The summed E-state index contributed by atoms with van der Waals surface area (Å²) in [4.78, 5) is 36.5. The molecule has 5 nitrogen and oxygen atoms in total. The number of hydrogen-bond donors (Lipinski definition) is 0. The third kappa shape index (κ3) is 4.78. The maximum atomic E-state index is 12.5. The standard InChI is InChI=1S/C20H25NO4/c1-20(2,3)17-14-25-19(24)21(17)18(23)11-7-10-16(12-13-22)15-8-5-4-6-9-15/h4-9,11,13,16-17H,10,12,14H2,1-3H3/b11-7+/t16-,17+/m0/s1. The second kappa shape index (κ2) is 8.10. The molecule has 0 saturated carbocycles. The first-order valence-corrected chi connectivity index (χ1v) is 8.49. The molecule has 1 fully saturated rings. The summed E-state index contributed by atoms with van der Waals surface area (Å²) >= 11 is 0. The van der Waals surface area contributed by atoms with E-state index in [2.05, 4.69) is 0 Å². The number of allylic oxidation sites excluding steroid dienone is 1. The van der Waals surface area contributed by atoms with Crippen LogP contribution >= 0.6 is 0 Å². The predicted octanol–water partition coefficient (Wildman–Crippen LogP) is 3.70. The van der Waals surface area contributed by atoms with Crippen LogP contribution in [0.1, 0.15) is 45.1 Å². The number of aldehydes is 1. The first-order chi connectivity index (χ1) is 11.8. The van der Waals surface area contributed by atoms with Gasteiger partial charge in [0, 0.05) is 6.42 Å². The Kier molecular flexibility index (Phi) is 6.12. The van der Waals surface area contributed by atoms with Gasteiger partial charge in [0.15, 0.2) is 0 Å². The van der Waals surface area contributed by atoms with Gasteiger partial charge in [0.1, 0.15) is 12.9 Å². The van der Waals surface area contributed by atoms with E-state index in [4.69, 9.17) is 4.74 Å². The van der Waals surface area contributed by atoms with Gasteiger partial charge in [-0.05, 0) is 29.4 Å². The number of rotatable bonds is 6. The number of imide groups is 1. The zero-order chi connectivity index (χ0) is 18.4. The van der Waals surface area contributed by atoms with E-state index in [1.165, 1.54) is 11.0 Å². The molecule has 2 atom stereocenters. The molecule has 1 aliphatic rings. The first-order valence-electron chi connectivity index (χ1n) is 8.49. The van der Waals surface area contributed by atoms with E-state index in [0.29, 0.717) is 12.8 Å². The third-order valence-electron chi connectivity index (χ3n) is 4.44. The molecule has 0 aliphatic carbocycles. The van der Waals surface area contributed by atoms with Gasteiger partial charge in [-0.1, -0.05) is 57.2 Å². The minimum atomic E-state index is -0.595. The van der Waals surface area contributed by atoms with Crippen molar-refractivity contribution in [2.45, 2.75) is 45.6 Å². The number of amides is 2. The molecule has 0 radical (unpaired) electrons. The summed E-state index contributed by atoms with van der Waals surface area (Å²) < 4.78 is 5.05. The zero-order valence-corrected chi connectivity index (χ0v) is 15.0. The molecule has 1 saturated heterocycles. The van der Waals surface area contributed by atoms with Crippen molar-refractivity contribution < 1.29 is 19.1 Å². The molecule has 0 unspecified atom stereocenters. The summed E-state index contributed by atoms with van der Waals surface area (Å²) in [5.74, 6) is -0.355. The van der Waals surface area contributed by atoms with Crippen LogP contribution in [-0.2, 0) is 14.3 Å². The Labute approximate surface area is 148 Å². The lowest BCUT2D eigenvalue weighted by Gasteiger charge is -2.30. The topological polar surface area (TPSA) is 63.7 Å². The van der Waals surface area contributed by atoms with Gasteiger partial charge in [0.05, 0.1) is 6.04 Å². The van der Waals surface area contributed by atoms with E-state index < -0.39 is 6.09 Å². The molecule has 0 bridgehead atoms. The Morgan fingerprint density at radius 1 is 1.28 bits per heavy atom. The molecule has 0 spiro atoms. The van der Waals surface area contributed by atoms with Crippen LogP contribution < -0.4 is 0 Å². The van der Waals surface area contributed by atoms with Crippen molar-refractivity contribution in [2.24, 2.45) is 5.41 Å². The third-order valence-corrected chi connectivity index (χ3v) is 4.44. The molecular formula is C20H25NO4. The molecule has 1 aromatic rings. The average Bonchev–Trinajstić information content (AvgIpc) is 2.97. The summed E-state index contributed by atoms with van der Waals surface area (Å²) in [6.07, 6.45) is 4.38. The minimum Gasteiger partial charge on any atom is -0.447 e. The quantitative estimate of drug-likeness (QED) is 0.583. The highest BCUT2D eigenvalue weighted by Crippen LogP contribution is 2.30. The monoisotopic (exact) mass is 343 g/mol. The minimum absolute atomic E-state index is 0.0201. The van der Waals surface area contributed by atoms with Crippen molar-refractivity contribution in [1.29, 1.82) is 0 Å². The Morgan fingerprint density at radius 2 is 1.96 bits per heavy atom. The largest absolute Gasteiger partial charge is 0.447 e. The van der Waals surface area contributed by atoms with Crippen molar-refractivity contribution in [2.75, 3.05) is 6.61 Å². The van der Waals surface area contributed by atoms with Crippen molar-refractivity contribution >= 4 is 18.3 Å². The number of cyclic esters (lactones) is 1. The predicted molar refractivity (Wildman–Crippen MR) is 95.1 cm³/mol. The Bertz CT molecular complexity index is 645. The molecule has 0 N–H and O–H groups in total. The fraction of sp³-hybridized carbons (Fsp3) is 0.450. The maximum Gasteiger partial charge on any atom is 0.417 e. The number of carbonyl (C=O) groups excluding carboxylic acids is 3. The number of benzene rings is 1. The lowest BCUT2D eigenvalue weighted by molar-refractivity contribution is -0.125. The van der Waals surface area contributed by atoms with Crippen LogP contribution in [0.15, 0.2) is 42.5 Å². The van der Waals surface area contributed by atoms with Gasteiger partial charge in [0.25, 0.3) is 5.91 Å². The molecule has 0 aromatic heterocycles. The van der Waals surface area contributed by atoms with Crippen LogP contribution in [0.4, 0.5) is 4.79 Å². The van der Waals surface area contributed by atoms with E-state index in [9.17, 15) is 14.4 Å². The van der Waals surface area contributed by atoms with Crippen LogP contribution in [0.3, 0.4) is 0 Å². The summed E-state index contributed by atoms with van der Waals surface area (Å²) in [7, 11) is 0. The Morgan fingerprint density at radius 3 is 2.56 bits per heavy atom. The van der Waals surface area contributed by atoms with Crippen LogP contribution in [0.2, 0.25) is 0 Å². The summed E-state index contributed by atoms with van der Waals surface area (Å²) in [5, 5.41) is 0. The van der Waals surface area contributed by atoms with Gasteiger partial charge in [-0.15, -0.1) is 0 Å². The molecule has 5 heteroatoms. The second-order valence-corrected chi connectivity index (χ2v) is 7.32. The smallest absolute Gasteiger partial charge is 0.417 e. The van der Waals surface area contributed by atoms with Crippen molar-refractivity contribution in [3.05, 3.63) is 48.0 Å². The average molecular weight is 343 g/mol. The molecular weight excluding hydrogens is 318 g/mol. The van der Waals surface area contributed by atoms with E-state index in [1.54, 1.807) is 6.08 Å². The summed E-state index contributed by atoms with van der Waals surface area (Å²) in [5.41, 5.74) is 0.805. The van der Waals surface area contributed by atoms with Gasteiger partial charge >= 0.3 is 6.09 Å². The number of carbonyl (C=O) groups is 3. The Balaban J connectivity index is 2.05. The molecule has 1 aliphatic heterocycles. The van der Waals surface area contributed by atoms with Crippen LogP contribution in [0, 0.1) is 5.41 Å². The molecule has 1 aromatic carbocycles. The number of ether oxygens (including phenoxy) is 1. The van der Waals surface area contributed by atoms with Crippen molar-refractivity contribution in [1.82, 2.24) is 4.90 Å². The zero-order valence-electron chi connectivity index (χ0n) is 15.0. The van der Waals surface area contributed by atoms with Crippen molar-refractivity contribution in [3.8, 4) is 0 Å². The van der Waals surface area contributed by atoms with Gasteiger partial charge in [-0.2, -0.15) is 0 Å². The summed E-state index contributed by atoms with van der Waals surface area (Å²) in [6.45, 7) is 6.14. The fourth-order valence-electron chi connectivity index (χ4n) is 2.93. The highest BCUT2D eigenvalue weighted by Gasteiger charge is 2.43. The number of hydrogen-bond acceptors (Lipinski definition) is 4. The van der Waals surface area contributed by atoms with Crippen molar-refractivity contribution in [3.63, 3.8) is 0 Å². The van der Waals surface area contributed by atoms with Gasteiger partial charge < -0.3 is 9.53 Å². The highest BCUT2D eigenvalue weighted by atomic mass is 16.6. The van der Waals surface area contributed by atoms with E-state index >= 15 is 0 Å². The molecule has 1 heterocycles. The maximum absolute atomic E-state index is 12.5. The first kappa shape index (κ1) is 18.9. The van der Waals surface area contributed by atoms with Gasteiger partial charge in [-0.25, -0.2) is 9.69 Å². The molecule has 2 amide bonds. The van der Waals surface area contributed by atoms with E-state index in [1.807, 2.05) is 51.1 Å². The van der Waals surface area contributed by atoms with Crippen LogP contribution in [0.5, 0.6) is 0 Å². The van der Waals surface area contributed by atoms with E-state index in [0.717, 1.165) is 11.8 Å². The second-order valence-electron chi connectivity index (χ2n) is 7.32. The lowest BCUT2D eigenvalue weighted by Crippen LogP contribution is -2.45. The summed E-state index contributed by atoms with van der Waals surface area (Å²) in [6, 6.07) is 9.44. The fourth-order valence-corrected chi connectivity index (χ4v) is 2.93. The SMILES string of the molecule is CC(C)(C)[C@H]1COC(=O)N1C(=O)/C=C/C[C@@H](CC=O)c1ccccc1.